The zero-order valence-electron chi connectivity index (χ0n) is 7.78. The van der Waals surface area contributed by atoms with Crippen LogP contribution >= 0.6 is 0 Å². The second kappa shape index (κ2) is 4.32. The SMILES string of the molecule is C/C(C=N)=C/Nc1ccc(O)c(O)c1. The summed E-state index contributed by atoms with van der Waals surface area (Å²) in [5, 5.41) is 28.0. The summed E-state index contributed by atoms with van der Waals surface area (Å²) in [7, 11) is 0. The van der Waals surface area contributed by atoms with Crippen molar-refractivity contribution in [1.29, 1.82) is 5.41 Å². The Balaban J connectivity index is 2.78. The molecule has 0 amide bonds. The number of nitrogens with one attached hydrogen (secondary N) is 2. The van der Waals surface area contributed by atoms with Crippen molar-refractivity contribution >= 4 is 11.9 Å². The van der Waals surface area contributed by atoms with Crippen LogP contribution in [0.3, 0.4) is 0 Å². The Hall–Kier alpha value is -1.97. The van der Waals surface area contributed by atoms with Gasteiger partial charge < -0.3 is 20.9 Å². The Bertz CT molecular complexity index is 372. The molecule has 4 heteroatoms. The van der Waals surface area contributed by atoms with Crippen LogP contribution in [0.1, 0.15) is 6.92 Å². The Morgan fingerprint density at radius 3 is 2.64 bits per heavy atom. The standard InChI is InChI=1S/C10H12N2O2/c1-7(5-11)6-12-8-2-3-9(13)10(14)4-8/h2-6,11-14H,1H3/b7-6-,11-5?. The predicted molar refractivity (Wildman–Crippen MR) is 55.9 cm³/mol. The number of anilines is 1. The number of allylic oxidation sites excluding steroid dienone is 1. The van der Waals surface area contributed by atoms with Crippen LogP contribution in [0.25, 0.3) is 0 Å². The number of hydrogen-bond acceptors (Lipinski definition) is 4. The molecule has 0 heterocycles. The monoisotopic (exact) mass is 192 g/mol. The van der Waals surface area contributed by atoms with Crippen LogP contribution in [0.2, 0.25) is 0 Å². The molecule has 1 rings (SSSR count). The third kappa shape index (κ3) is 2.52. The minimum absolute atomic E-state index is 0.150. The molecule has 0 fully saturated rings. The lowest BCUT2D eigenvalue weighted by Gasteiger charge is -2.03. The summed E-state index contributed by atoms with van der Waals surface area (Å²) < 4.78 is 0. The van der Waals surface area contributed by atoms with Crippen LogP contribution in [-0.2, 0) is 0 Å². The highest BCUT2D eigenvalue weighted by Crippen LogP contribution is 2.27. The maximum Gasteiger partial charge on any atom is 0.159 e. The molecule has 1 aromatic rings. The van der Waals surface area contributed by atoms with Gasteiger partial charge in [0.1, 0.15) is 0 Å². The van der Waals surface area contributed by atoms with Gasteiger partial charge in [-0.2, -0.15) is 0 Å². The number of phenols is 2. The fourth-order valence-corrected chi connectivity index (χ4v) is 0.852. The lowest BCUT2D eigenvalue weighted by molar-refractivity contribution is 0.404. The van der Waals surface area contributed by atoms with Crippen molar-refractivity contribution in [3.8, 4) is 11.5 Å². The molecule has 1 aromatic carbocycles. The van der Waals surface area contributed by atoms with E-state index in [0.717, 1.165) is 5.57 Å². The third-order valence-corrected chi connectivity index (χ3v) is 1.67. The highest BCUT2D eigenvalue weighted by Gasteiger charge is 1.98. The second-order valence-electron chi connectivity index (χ2n) is 2.88. The van der Waals surface area contributed by atoms with Crippen LogP contribution in [0, 0.1) is 5.41 Å². The summed E-state index contributed by atoms with van der Waals surface area (Å²) in [6, 6.07) is 4.43. The van der Waals surface area contributed by atoms with Gasteiger partial charge in [0.05, 0.1) is 0 Å². The molecular weight excluding hydrogens is 180 g/mol. The van der Waals surface area contributed by atoms with Gasteiger partial charge in [-0.05, 0) is 24.6 Å². The van der Waals surface area contributed by atoms with Gasteiger partial charge in [0.15, 0.2) is 11.5 Å². The number of aromatic hydroxyl groups is 2. The highest BCUT2D eigenvalue weighted by atomic mass is 16.3. The molecule has 0 spiro atoms. The van der Waals surface area contributed by atoms with Gasteiger partial charge in [-0.3, -0.25) is 0 Å². The van der Waals surface area contributed by atoms with Crippen LogP contribution in [0.4, 0.5) is 5.69 Å². The van der Waals surface area contributed by atoms with Gasteiger partial charge in [0, 0.05) is 24.2 Å². The van der Waals surface area contributed by atoms with E-state index in [-0.39, 0.29) is 11.5 Å². The Kier molecular flexibility index (Phi) is 3.12. The minimum atomic E-state index is -0.170. The van der Waals surface area contributed by atoms with Crippen molar-refractivity contribution in [2.75, 3.05) is 5.32 Å². The van der Waals surface area contributed by atoms with E-state index in [2.05, 4.69) is 5.32 Å². The molecule has 4 nitrogen and oxygen atoms in total. The van der Waals surface area contributed by atoms with E-state index in [1.54, 1.807) is 19.2 Å². The van der Waals surface area contributed by atoms with Gasteiger partial charge in [-0.15, -0.1) is 0 Å². The van der Waals surface area contributed by atoms with Crippen LogP contribution in [0.5, 0.6) is 11.5 Å². The molecule has 0 radical (unpaired) electrons. The molecule has 4 N–H and O–H groups in total. The molecule has 0 aliphatic carbocycles. The first-order chi connectivity index (χ1) is 6.63. The first-order valence-corrected chi connectivity index (χ1v) is 4.09. The van der Waals surface area contributed by atoms with Crippen LogP contribution < -0.4 is 5.32 Å². The average molecular weight is 192 g/mol. The molecule has 0 atom stereocenters. The molecule has 0 aromatic heterocycles. The topological polar surface area (TPSA) is 76.3 Å². The zero-order valence-corrected chi connectivity index (χ0v) is 7.78. The summed E-state index contributed by atoms with van der Waals surface area (Å²) >= 11 is 0. The molecular formula is C10H12N2O2. The van der Waals surface area contributed by atoms with E-state index >= 15 is 0 Å². The van der Waals surface area contributed by atoms with Gasteiger partial charge >= 0.3 is 0 Å². The van der Waals surface area contributed by atoms with Crippen LogP contribution in [-0.4, -0.2) is 16.4 Å². The summed E-state index contributed by atoms with van der Waals surface area (Å²) in [5.74, 6) is -0.320. The number of rotatable bonds is 3. The largest absolute Gasteiger partial charge is 0.504 e. The lowest BCUT2D eigenvalue weighted by atomic mass is 10.2. The van der Waals surface area contributed by atoms with E-state index in [0.29, 0.717) is 5.69 Å². The Morgan fingerprint density at radius 2 is 2.07 bits per heavy atom. The molecule has 0 bridgehead atoms. The van der Waals surface area contributed by atoms with Crippen molar-refractivity contribution in [3.05, 3.63) is 30.0 Å². The van der Waals surface area contributed by atoms with Gasteiger partial charge in [0.2, 0.25) is 0 Å². The number of hydrogen-bond donors (Lipinski definition) is 4. The van der Waals surface area contributed by atoms with Crippen molar-refractivity contribution in [1.82, 2.24) is 0 Å². The fraction of sp³-hybridized carbons (Fsp3) is 0.100. The predicted octanol–water partition coefficient (Wildman–Crippen LogP) is 2.06. The van der Waals surface area contributed by atoms with E-state index in [1.807, 2.05) is 0 Å². The van der Waals surface area contributed by atoms with Gasteiger partial charge in [0.25, 0.3) is 0 Å². The van der Waals surface area contributed by atoms with Crippen LogP contribution in [0.15, 0.2) is 30.0 Å². The molecule has 14 heavy (non-hydrogen) atoms. The fourth-order valence-electron chi connectivity index (χ4n) is 0.852. The first kappa shape index (κ1) is 10.1. The van der Waals surface area contributed by atoms with Gasteiger partial charge in [-0.25, -0.2) is 0 Å². The molecule has 0 saturated carbocycles. The van der Waals surface area contributed by atoms with Crippen molar-refractivity contribution in [2.24, 2.45) is 0 Å². The first-order valence-electron chi connectivity index (χ1n) is 4.09. The zero-order chi connectivity index (χ0) is 10.6. The third-order valence-electron chi connectivity index (χ3n) is 1.67. The van der Waals surface area contributed by atoms with Crippen molar-refractivity contribution < 1.29 is 10.2 Å². The van der Waals surface area contributed by atoms with E-state index in [1.165, 1.54) is 18.3 Å². The molecule has 0 saturated heterocycles. The summed E-state index contributed by atoms with van der Waals surface area (Å²) in [6.45, 7) is 1.78. The van der Waals surface area contributed by atoms with Gasteiger partial charge in [-0.1, -0.05) is 0 Å². The minimum Gasteiger partial charge on any atom is -0.504 e. The molecule has 0 aliphatic rings. The molecule has 0 unspecified atom stereocenters. The summed E-state index contributed by atoms with van der Waals surface area (Å²) in [5.41, 5.74) is 1.42. The Morgan fingerprint density at radius 1 is 1.36 bits per heavy atom. The normalized spacial score (nSPS) is 11.1. The maximum atomic E-state index is 9.17. The average Bonchev–Trinajstić information content (AvgIpc) is 2.19. The van der Waals surface area contributed by atoms with E-state index in [9.17, 15) is 0 Å². The number of phenolic OH excluding ortho intramolecular Hbond substituents is 2. The highest BCUT2D eigenvalue weighted by molar-refractivity contribution is 5.75. The molecule has 0 aliphatic heterocycles. The van der Waals surface area contributed by atoms with E-state index < -0.39 is 0 Å². The maximum absolute atomic E-state index is 9.17. The summed E-state index contributed by atoms with van der Waals surface area (Å²) in [6.07, 6.45) is 2.85. The smallest absolute Gasteiger partial charge is 0.159 e. The molecule has 74 valence electrons. The van der Waals surface area contributed by atoms with Crippen molar-refractivity contribution in [3.63, 3.8) is 0 Å². The Labute approximate surface area is 82.0 Å². The van der Waals surface area contributed by atoms with E-state index in [4.69, 9.17) is 15.6 Å². The summed E-state index contributed by atoms with van der Waals surface area (Å²) in [4.78, 5) is 0. The second-order valence-corrected chi connectivity index (χ2v) is 2.88. The quantitative estimate of drug-likeness (QED) is 0.336. The lowest BCUT2D eigenvalue weighted by Crippen LogP contribution is -1.89. The van der Waals surface area contributed by atoms with Crippen molar-refractivity contribution in [2.45, 2.75) is 6.92 Å². The number of benzene rings is 1.